The number of hydrogen-bond acceptors (Lipinski definition) is 4. The van der Waals surface area contributed by atoms with E-state index >= 15 is 0 Å². The molecule has 0 spiro atoms. The Bertz CT molecular complexity index is 705. The average molecular weight is 443 g/mol. The van der Waals surface area contributed by atoms with Gasteiger partial charge in [-0.3, -0.25) is 14.7 Å². The van der Waals surface area contributed by atoms with Crippen molar-refractivity contribution in [2.75, 3.05) is 0 Å². The van der Waals surface area contributed by atoms with Gasteiger partial charge in [0.2, 0.25) is 0 Å². The molecule has 1 aliphatic heterocycles. The second kappa shape index (κ2) is 6.73. The first kappa shape index (κ1) is 17.2. The van der Waals surface area contributed by atoms with Crippen LogP contribution in [0.2, 0.25) is 0 Å². The van der Waals surface area contributed by atoms with Gasteiger partial charge in [0.15, 0.2) is 0 Å². The van der Waals surface area contributed by atoms with Crippen LogP contribution in [-0.4, -0.2) is 42.6 Å². The number of ether oxygens (including phenoxy) is 1. The normalized spacial score (nSPS) is 17.7. The molecule has 0 saturated carbocycles. The van der Waals surface area contributed by atoms with E-state index < -0.39 is 5.60 Å². The molecule has 130 valence electrons. The number of nitrogens with zero attached hydrogens (tertiary/aromatic N) is 4. The molecular formula is C16H22IN5O2. The van der Waals surface area contributed by atoms with Gasteiger partial charge in [0.1, 0.15) is 5.60 Å². The minimum Gasteiger partial charge on any atom is -0.444 e. The summed E-state index contributed by atoms with van der Waals surface area (Å²) in [6, 6.07) is 0.0537. The molecule has 1 amide bonds. The van der Waals surface area contributed by atoms with E-state index in [1.807, 2.05) is 48.9 Å². The van der Waals surface area contributed by atoms with Crippen molar-refractivity contribution < 1.29 is 9.53 Å². The number of nitrogens with one attached hydrogen (secondary N) is 1. The van der Waals surface area contributed by atoms with Crippen LogP contribution in [0, 0.1) is 3.57 Å². The maximum absolute atomic E-state index is 12.7. The van der Waals surface area contributed by atoms with Crippen molar-refractivity contribution in [2.24, 2.45) is 0 Å². The van der Waals surface area contributed by atoms with Crippen molar-refractivity contribution >= 4 is 28.7 Å². The number of rotatable bonds is 3. The fourth-order valence-electron chi connectivity index (χ4n) is 2.82. The van der Waals surface area contributed by atoms with Gasteiger partial charge >= 0.3 is 6.09 Å². The Morgan fingerprint density at radius 3 is 2.92 bits per heavy atom. The molecule has 0 radical (unpaired) electrons. The fraction of sp³-hybridized carbons (Fsp3) is 0.562. The maximum atomic E-state index is 12.7. The smallest absolute Gasteiger partial charge is 0.410 e. The molecule has 8 heteroatoms. The van der Waals surface area contributed by atoms with Crippen LogP contribution in [0.1, 0.15) is 38.4 Å². The van der Waals surface area contributed by atoms with Crippen molar-refractivity contribution in [1.29, 1.82) is 0 Å². The van der Waals surface area contributed by atoms with E-state index in [1.54, 1.807) is 0 Å². The quantitative estimate of drug-likeness (QED) is 0.741. The average Bonchev–Trinajstić information content (AvgIpc) is 3.12. The first-order valence-electron chi connectivity index (χ1n) is 8.01. The number of halogens is 1. The number of amides is 1. The van der Waals surface area contributed by atoms with Gasteiger partial charge in [-0.25, -0.2) is 4.79 Å². The van der Waals surface area contributed by atoms with Crippen molar-refractivity contribution in [1.82, 2.24) is 24.9 Å². The highest BCUT2D eigenvalue weighted by Gasteiger charge is 2.34. The lowest BCUT2D eigenvalue weighted by atomic mass is 10.0. The van der Waals surface area contributed by atoms with Crippen molar-refractivity contribution in [3.63, 3.8) is 0 Å². The molecule has 3 rings (SSSR count). The molecule has 1 atom stereocenters. The Kier molecular flexibility index (Phi) is 4.84. The maximum Gasteiger partial charge on any atom is 0.410 e. The molecule has 7 nitrogen and oxygen atoms in total. The van der Waals surface area contributed by atoms with Crippen LogP contribution in [0.4, 0.5) is 4.79 Å². The SMILES string of the molecule is CC(C)(C)OC(=O)N1Cc2c(I)cnn2CC1CCc1cn[nH]c1. The number of aryl methyl sites for hydroxylation is 1. The topological polar surface area (TPSA) is 76.0 Å². The Labute approximate surface area is 154 Å². The molecule has 24 heavy (non-hydrogen) atoms. The second-order valence-corrected chi connectivity index (χ2v) is 8.19. The van der Waals surface area contributed by atoms with Crippen molar-refractivity contribution in [3.8, 4) is 0 Å². The summed E-state index contributed by atoms with van der Waals surface area (Å²) in [6.07, 6.45) is 7.00. The number of H-pyrrole nitrogens is 1. The van der Waals surface area contributed by atoms with E-state index in [0.717, 1.165) is 27.7 Å². The Morgan fingerprint density at radius 2 is 2.25 bits per heavy atom. The van der Waals surface area contributed by atoms with Crippen LogP contribution in [0.5, 0.6) is 0 Å². The standard InChI is InChI=1S/C16H22IN5O2/c1-16(2,3)24-15(23)21-10-14-13(17)8-20-22(14)9-12(21)5-4-11-6-18-19-7-11/h6-8,12H,4-5,9-10H2,1-3H3,(H,18,19). The number of carbonyl (C=O) groups excluding carboxylic acids is 1. The van der Waals surface area contributed by atoms with Crippen LogP contribution >= 0.6 is 22.6 Å². The molecule has 0 saturated heterocycles. The predicted octanol–water partition coefficient (Wildman–Crippen LogP) is 2.96. The van der Waals surface area contributed by atoms with Gasteiger partial charge in [-0.2, -0.15) is 10.2 Å². The number of fused-ring (bicyclic) bond motifs is 1. The number of aromatic amines is 1. The highest BCUT2D eigenvalue weighted by atomic mass is 127. The minimum absolute atomic E-state index is 0.0537. The molecule has 1 N–H and O–H groups in total. The van der Waals surface area contributed by atoms with Crippen LogP contribution < -0.4 is 0 Å². The molecule has 0 bridgehead atoms. The van der Waals surface area contributed by atoms with E-state index in [0.29, 0.717) is 13.1 Å². The largest absolute Gasteiger partial charge is 0.444 e. The monoisotopic (exact) mass is 443 g/mol. The van der Waals surface area contributed by atoms with E-state index in [-0.39, 0.29) is 12.1 Å². The number of carbonyl (C=O) groups is 1. The summed E-state index contributed by atoms with van der Waals surface area (Å²) in [4.78, 5) is 14.5. The molecule has 1 aliphatic rings. The fourth-order valence-corrected chi connectivity index (χ4v) is 3.39. The van der Waals surface area contributed by atoms with E-state index in [2.05, 4.69) is 37.9 Å². The van der Waals surface area contributed by atoms with Gasteiger partial charge in [0, 0.05) is 6.20 Å². The Hall–Kier alpha value is -1.58. The predicted molar refractivity (Wildman–Crippen MR) is 97.4 cm³/mol. The summed E-state index contributed by atoms with van der Waals surface area (Å²) in [7, 11) is 0. The molecule has 0 aliphatic carbocycles. The summed E-state index contributed by atoms with van der Waals surface area (Å²) in [5, 5.41) is 11.2. The molecule has 3 heterocycles. The lowest BCUT2D eigenvalue weighted by Crippen LogP contribution is -2.48. The zero-order chi connectivity index (χ0) is 17.3. The minimum atomic E-state index is -0.503. The molecule has 1 unspecified atom stereocenters. The van der Waals surface area contributed by atoms with Gasteiger partial charge in [-0.05, 0) is 61.8 Å². The molecule has 0 aromatic carbocycles. The van der Waals surface area contributed by atoms with Crippen LogP contribution in [0.25, 0.3) is 0 Å². The molecular weight excluding hydrogens is 421 g/mol. The lowest BCUT2D eigenvalue weighted by Gasteiger charge is -2.37. The second-order valence-electron chi connectivity index (χ2n) is 7.03. The zero-order valence-electron chi connectivity index (χ0n) is 14.1. The first-order chi connectivity index (χ1) is 11.3. The zero-order valence-corrected chi connectivity index (χ0v) is 16.3. The molecule has 0 fully saturated rings. The third-order valence-corrected chi connectivity index (χ3v) is 4.89. The molecule has 2 aromatic rings. The third-order valence-electron chi connectivity index (χ3n) is 3.99. The summed E-state index contributed by atoms with van der Waals surface area (Å²) in [6.45, 7) is 6.90. The van der Waals surface area contributed by atoms with Crippen LogP contribution in [0.3, 0.4) is 0 Å². The van der Waals surface area contributed by atoms with Gasteiger partial charge in [-0.15, -0.1) is 0 Å². The van der Waals surface area contributed by atoms with E-state index in [4.69, 9.17) is 4.74 Å². The lowest BCUT2D eigenvalue weighted by molar-refractivity contribution is 0.00556. The summed E-state index contributed by atoms with van der Waals surface area (Å²) in [5.74, 6) is 0. The Morgan fingerprint density at radius 1 is 1.46 bits per heavy atom. The van der Waals surface area contributed by atoms with Gasteiger partial charge < -0.3 is 4.74 Å². The van der Waals surface area contributed by atoms with E-state index in [1.165, 1.54) is 0 Å². The van der Waals surface area contributed by atoms with Gasteiger partial charge in [0.05, 0.1) is 40.8 Å². The van der Waals surface area contributed by atoms with Crippen LogP contribution in [-0.2, 0) is 24.2 Å². The highest BCUT2D eigenvalue weighted by Crippen LogP contribution is 2.26. The summed E-state index contributed by atoms with van der Waals surface area (Å²) >= 11 is 2.26. The van der Waals surface area contributed by atoms with Crippen molar-refractivity contribution in [2.45, 2.75) is 58.3 Å². The highest BCUT2D eigenvalue weighted by molar-refractivity contribution is 14.1. The summed E-state index contributed by atoms with van der Waals surface area (Å²) in [5.41, 5.74) is 1.71. The molecule has 2 aromatic heterocycles. The van der Waals surface area contributed by atoms with Crippen LogP contribution in [0.15, 0.2) is 18.6 Å². The third kappa shape index (κ3) is 3.90. The first-order valence-corrected chi connectivity index (χ1v) is 9.09. The Balaban J connectivity index is 1.78. The van der Waals surface area contributed by atoms with Gasteiger partial charge in [0.25, 0.3) is 0 Å². The summed E-state index contributed by atoms with van der Waals surface area (Å²) < 4.78 is 8.69. The number of aromatic nitrogens is 4. The van der Waals surface area contributed by atoms with E-state index in [9.17, 15) is 4.79 Å². The van der Waals surface area contributed by atoms with Gasteiger partial charge in [-0.1, -0.05) is 0 Å². The number of hydrogen-bond donors (Lipinski definition) is 1. The van der Waals surface area contributed by atoms with Crippen molar-refractivity contribution in [3.05, 3.63) is 33.4 Å².